The van der Waals surface area contributed by atoms with Crippen LogP contribution < -0.4 is 15.2 Å². The van der Waals surface area contributed by atoms with E-state index in [2.05, 4.69) is 0 Å². The molecule has 1 aromatic carbocycles. The molecule has 0 aliphatic heterocycles. The van der Waals surface area contributed by atoms with E-state index < -0.39 is 0 Å². The first-order valence-corrected chi connectivity index (χ1v) is 4.82. The lowest BCUT2D eigenvalue weighted by molar-refractivity contribution is 0.309. The van der Waals surface area contributed by atoms with Crippen LogP contribution in [0.25, 0.3) is 0 Å². The van der Waals surface area contributed by atoms with Crippen LogP contribution in [0.1, 0.15) is 12.5 Å². The van der Waals surface area contributed by atoms with Crippen LogP contribution in [0, 0.1) is 0 Å². The predicted molar refractivity (Wildman–Crippen MR) is 56.9 cm³/mol. The summed E-state index contributed by atoms with van der Waals surface area (Å²) in [4.78, 5) is 0. The summed E-state index contributed by atoms with van der Waals surface area (Å²) in [6.07, 6.45) is 0.810. The van der Waals surface area contributed by atoms with E-state index in [1.807, 2.05) is 25.1 Å². The molecule has 3 heteroatoms. The average molecular weight is 195 g/mol. The van der Waals surface area contributed by atoms with Crippen molar-refractivity contribution in [1.29, 1.82) is 0 Å². The highest BCUT2D eigenvalue weighted by Gasteiger charge is 2.08. The lowest BCUT2D eigenvalue weighted by Crippen LogP contribution is -2.05. The number of benzene rings is 1. The van der Waals surface area contributed by atoms with Crippen molar-refractivity contribution < 1.29 is 9.47 Å². The molecule has 1 rings (SSSR count). The molecule has 0 aliphatic carbocycles. The summed E-state index contributed by atoms with van der Waals surface area (Å²) in [5.74, 6) is 1.60. The first-order valence-electron chi connectivity index (χ1n) is 4.82. The fourth-order valence-electron chi connectivity index (χ4n) is 1.41. The molecule has 0 aliphatic rings. The van der Waals surface area contributed by atoms with Gasteiger partial charge in [-0.05, 0) is 31.5 Å². The monoisotopic (exact) mass is 195 g/mol. The highest BCUT2D eigenvalue weighted by atomic mass is 16.5. The minimum Gasteiger partial charge on any atom is -0.493 e. The minimum atomic E-state index is 0.617. The lowest BCUT2D eigenvalue weighted by atomic mass is 10.1. The van der Waals surface area contributed by atoms with Gasteiger partial charge in [0.25, 0.3) is 0 Å². The number of hydrogen-bond donors (Lipinski definition) is 1. The van der Waals surface area contributed by atoms with E-state index in [0.717, 1.165) is 23.5 Å². The van der Waals surface area contributed by atoms with E-state index in [-0.39, 0.29) is 0 Å². The van der Waals surface area contributed by atoms with Gasteiger partial charge in [-0.15, -0.1) is 0 Å². The number of hydrogen-bond acceptors (Lipinski definition) is 3. The second-order valence-electron chi connectivity index (χ2n) is 2.92. The smallest absolute Gasteiger partial charge is 0.163 e. The van der Waals surface area contributed by atoms with E-state index in [9.17, 15) is 0 Å². The molecule has 2 N–H and O–H groups in total. The summed E-state index contributed by atoms with van der Waals surface area (Å²) in [6, 6.07) is 5.87. The van der Waals surface area contributed by atoms with Crippen molar-refractivity contribution in [3.63, 3.8) is 0 Å². The van der Waals surface area contributed by atoms with Gasteiger partial charge in [0.15, 0.2) is 11.5 Å². The van der Waals surface area contributed by atoms with Crippen LogP contribution in [-0.4, -0.2) is 20.3 Å². The molecule has 0 atom stereocenters. The van der Waals surface area contributed by atoms with E-state index >= 15 is 0 Å². The standard InChI is InChI=1S/C11H17NO2/c1-3-14-10-6-4-5-9(7-8-12)11(10)13-2/h4-6H,3,7-8,12H2,1-2H3. The minimum absolute atomic E-state index is 0.617. The fraction of sp³-hybridized carbons (Fsp3) is 0.455. The third-order valence-electron chi connectivity index (χ3n) is 1.98. The Morgan fingerprint density at radius 2 is 2.14 bits per heavy atom. The maximum Gasteiger partial charge on any atom is 0.163 e. The summed E-state index contributed by atoms with van der Waals surface area (Å²) in [6.45, 7) is 3.21. The topological polar surface area (TPSA) is 44.5 Å². The van der Waals surface area contributed by atoms with Crippen LogP contribution in [0.3, 0.4) is 0 Å². The average Bonchev–Trinajstić information content (AvgIpc) is 2.19. The molecule has 0 bridgehead atoms. The van der Waals surface area contributed by atoms with Gasteiger partial charge in [0.1, 0.15) is 0 Å². The third-order valence-corrected chi connectivity index (χ3v) is 1.98. The van der Waals surface area contributed by atoms with Crippen LogP contribution in [0.5, 0.6) is 11.5 Å². The highest BCUT2D eigenvalue weighted by Crippen LogP contribution is 2.30. The molecule has 0 amide bonds. The molecule has 14 heavy (non-hydrogen) atoms. The second kappa shape index (κ2) is 5.50. The molecule has 0 heterocycles. The molecule has 0 spiro atoms. The van der Waals surface area contributed by atoms with Gasteiger partial charge in [0, 0.05) is 0 Å². The molecule has 0 fully saturated rings. The summed E-state index contributed by atoms with van der Waals surface area (Å²) < 4.78 is 10.8. The van der Waals surface area contributed by atoms with Crippen molar-refractivity contribution in [3.8, 4) is 11.5 Å². The van der Waals surface area contributed by atoms with E-state index in [4.69, 9.17) is 15.2 Å². The molecule has 0 saturated carbocycles. The molecule has 3 nitrogen and oxygen atoms in total. The summed E-state index contributed by atoms with van der Waals surface area (Å²) in [5.41, 5.74) is 6.61. The van der Waals surface area contributed by atoms with Crippen LogP contribution in [0.4, 0.5) is 0 Å². The first kappa shape index (κ1) is 10.9. The maximum absolute atomic E-state index is 5.51. The van der Waals surface area contributed by atoms with Gasteiger partial charge in [-0.25, -0.2) is 0 Å². The molecule has 0 saturated heterocycles. The molecular weight excluding hydrogens is 178 g/mol. The van der Waals surface area contributed by atoms with Gasteiger partial charge >= 0.3 is 0 Å². The normalized spacial score (nSPS) is 9.93. The molecule has 0 aromatic heterocycles. The molecule has 78 valence electrons. The van der Waals surface area contributed by atoms with Crippen molar-refractivity contribution in [1.82, 2.24) is 0 Å². The Morgan fingerprint density at radius 1 is 1.36 bits per heavy atom. The first-order chi connectivity index (χ1) is 6.83. The maximum atomic E-state index is 5.51. The van der Waals surface area contributed by atoms with Gasteiger partial charge < -0.3 is 15.2 Å². The van der Waals surface area contributed by atoms with Crippen LogP contribution in [0.15, 0.2) is 18.2 Å². The van der Waals surface area contributed by atoms with Gasteiger partial charge in [0.2, 0.25) is 0 Å². The zero-order valence-corrected chi connectivity index (χ0v) is 8.75. The summed E-state index contributed by atoms with van der Waals surface area (Å²) in [7, 11) is 1.65. The Hall–Kier alpha value is -1.22. The highest BCUT2D eigenvalue weighted by molar-refractivity contribution is 5.46. The van der Waals surface area contributed by atoms with E-state index in [1.54, 1.807) is 7.11 Å². The number of para-hydroxylation sites is 1. The third kappa shape index (κ3) is 2.39. The lowest BCUT2D eigenvalue weighted by Gasteiger charge is -2.12. The zero-order valence-electron chi connectivity index (χ0n) is 8.75. The molecule has 0 unspecified atom stereocenters. The van der Waals surface area contributed by atoms with Gasteiger partial charge in [-0.1, -0.05) is 12.1 Å². The molecule has 1 aromatic rings. The van der Waals surface area contributed by atoms with E-state index in [1.165, 1.54) is 0 Å². The van der Waals surface area contributed by atoms with Crippen molar-refractivity contribution in [2.75, 3.05) is 20.3 Å². The number of rotatable bonds is 5. The van der Waals surface area contributed by atoms with Crippen LogP contribution in [-0.2, 0) is 6.42 Å². The Kier molecular flexibility index (Phi) is 4.26. The van der Waals surface area contributed by atoms with Gasteiger partial charge in [-0.3, -0.25) is 0 Å². The summed E-state index contributed by atoms with van der Waals surface area (Å²) >= 11 is 0. The molecular formula is C11H17NO2. The Balaban J connectivity index is 2.98. The number of methoxy groups -OCH3 is 1. The Bertz CT molecular complexity index is 262. The largest absolute Gasteiger partial charge is 0.493 e. The Labute approximate surface area is 84.8 Å². The Morgan fingerprint density at radius 3 is 2.71 bits per heavy atom. The van der Waals surface area contributed by atoms with Crippen molar-refractivity contribution in [3.05, 3.63) is 23.8 Å². The van der Waals surface area contributed by atoms with E-state index in [0.29, 0.717) is 13.2 Å². The fourth-order valence-corrected chi connectivity index (χ4v) is 1.41. The van der Waals surface area contributed by atoms with Gasteiger partial charge in [-0.2, -0.15) is 0 Å². The van der Waals surface area contributed by atoms with Crippen LogP contribution >= 0.6 is 0 Å². The van der Waals surface area contributed by atoms with Crippen molar-refractivity contribution in [2.24, 2.45) is 5.73 Å². The van der Waals surface area contributed by atoms with Crippen LogP contribution in [0.2, 0.25) is 0 Å². The van der Waals surface area contributed by atoms with Crippen molar-refractivity contribution in [2.45, 2.75) is 13.3 Å². The van der Waals surface area contributed by atoms with Crippen molar-refractivity contribution >= 4 is 0 Å². The predicted octanol–water partition coefficient (Wildman–Crippen LogP) is 1.60. The quantitative estimate of drug-likeness (QED) is 0.776. The van der Waals surface area contributed by atoms with Gasteiger partial charge in [0.05, 0.1) is 13.7 Å². The number of nitrogens with two attached hydrogens (primary N) is 1. The zero-order chi connectivity index (χ0) is 10.4. The number of ether oxygens (including phenoxy) is 2. The second-order valence-corrected chi connectivity index (χ2v) is 2.92. The summed E-state index contributed by atoms with van der Waals surface area (Å²) in [5, 5.41) is 0. The SMILES string of the molecule is CCOc1cccc(CCN)c1OC. The molecule has 0 radical (unpaired) electrons.